The molecule has 0 fully saturated rings. The number of rotatable bonds is 4. The first-order chi connectivity index (χ1) is 9.47. The predicted octanol–water partition coefficient (Wildman–Crippen LogP) is 4.58. The lowest BCUT2D eigenvalue weighted by molar-refractivity contribution is 0.0697. The van der Waals surface area contributed by atoms with Crippen LogP contribution in [0.5, 0.6) is 5.75 Å². The molecule has 0 atom stereocenters. The number of carboxylic acids is 1. The second kappa shape index (κ2) is 6.16. The lowest BCUT2D eigenvalue weighted by Crippen LogP contribution is -2.00. The van der Waals surface area contributed by atoms with Gasteiger partial charge in [0, 0.05) is 10.6 Å². The standard InChI is InChI=1S/C15H12Cl2O3/c1-9-2-5-14(13(17)6-9)20-8-11-4-3-10(15(18)19)7-12(11)16/h2-7H,8H2,1H3,(H,18,19). The predicted molar refractivity (Wildman–Crippen MR) is 78.9 cm³/mol. The molecule has 3 nitrogen and oxygen atoms in total. The van der Waals surface area contributed by atoms with Gasteiger partial charge in [0.25, 0.3) is 0 Å². The molecule has 0 aromatic heterocycles. The molecule has 5 heteroatoms. The number of halogens is 2. The van der Waals surface area contributed by atoms with Crippen LogP contribution in [0.3, 0.4) is 0 Å². The van der Waals surface area contributed by atoms with Gasteiger partial charge in [-0.1, -0.05) is 35.3 Å². The van der Waals surface area contributed by atoms with Gasteiger partial charge in [0.05, 0.1) is 10.6 Å². The molecule has 0 spiro atoms. The van der Waals surface area contributed by atoms with Crippen molar-refractivity contribution in [3.63, 3.8) is 0 Å². The number of benzene rings is 2. The van der Waals surface area contributed by atoms with E-state index in [1.54, 1.807) is 12.1 Å². The number of carbonyl (C=O) groups is 1. The van der Waals surface area contributed by atoms with Crippen LogP contribution < -0.4 is 4.74 Å². The van der Waals surface area contributed by atoms with E-state index in [-0.39, 0.29) is 12.2 Å². The Balaban J connectivity index is 2.13. The third-order valence-electron chi connectivity index (χ3n) is 2.77. The third-order valence-corrected chi connectivity index (χ3v) is 3.42. The van der Waals surface area contributed by atoms with Crippen molar-refractivity contribution in [2.24, 2.45) is 0 Å². The van der Waals surface area contributed by atoms with Gasteiger partial charge in [-0.15, -0.1) is 0 Å². The number of hydrogen-bond donors (Lipinski definition) is 1. The van der Waals surface area contributed by atoms with Gasteiger partial charge in [0.1, 0.15) is 12.4 Å². The number of carboxylic acid groups (broad SMARTS) is 1. The van der Waals surface area contributed by atoms with Crippen LogP contribution in [0.4, 0.5) is 0 Å². The lowest BCUT2D eigenvalue weighted by atomic mass is 10.1. The van der Waals surface area contributed by atoms with Crippen molar-refractivity contribution in [3.05, 3.63) is 63.1 Å². The Morgan fingerprint density at radius 1 is 1.15 bits per heavy atom. The van der Waals surface area contributed by atoms with E-state index in [0.717, 1.165) is 5.56 Å². The lowest BCUT2D eigenvalue weighted by Gasteiger charge is -2.10. The average Bonchev–Trinajstić information content (AvgIpc) is 2.38. The second-order valence-corrected chi connectivity index (χ2v) is 5.15. The van der Waals surface area contributed by atoms with Gasteiger partial charge >= 0.3 is 5.97 Å². The van der Waals surface area contributed by atoms with E-state index in [4.69, 9.17) is 33.0 Å². The summed E-state index contributed by atoms with van der Waals surface area (Å²) in [7, 11) is 0. The van der Waals surface area contributed by atoms with E-state index in [9.17, 15) is 4.79 Å². The Hall–Kier alpha value is -1.71. The molecule has 104 valence electrons. The SMILES string of the molecule is Cc1ccc(OCc2ccc(C(=O)O)cc2Cl)c(Cl)c1. The molecule has 1 N–H and O–H groups in total. The highest BCUT2D eigenvalue weighted by Crippen LogP contribution is 2.27. The quantitative estimate of drug-likeness (QED) is 0.899. The first-order valence-electron chi connectivity index (χ1n) is 5.88. The molecule has 2 rings (SSSR count). The van der Waals surface area contributed by atoms with E-state index in [1.807, 2.05) is 19.1 Å². The van der Waals surface area contributed by atoms with Gasteiger partial charge in [-0.25, -0.2) is 4.79 Å². The second-order valence-electron chi connectivity index (χ2n) is 4.33. The maximum atomic E-state index is 10.8. The zero-order valence-corrected chi connectivity index (χ0v) is 12.2. The molecule has 0 aliphatic heterocycles. The number of ether oxygens (including phenoxy) is 1. The van der Waals surface area contributed by atoms with Crippen molar-refractivity contribution in [2.75, 3.05) is 0 Å². The van der Waals surface area contributed by atoms with E-state index < -0.39 is 5.97 Å². The molecule has 2 aromatic rings. The number of aromatic carboxylic acids is 1. The molecule has 0 amide bonds. The summed E-state index contributed by atoms with van der Waals surface area (Å²) in [5.41, 5.74) is 1.90. The molecule has 0 saturated heterocycles. The zero-order chi connectivity index (χ0) is 14.7. The Bertz CT molecular complexity index is 654. The van der Waals surface area contributed by atoms with E-state index in [0.29, 0.717) is 21.4 Å². The van der Waals surface area contributed by atoms with Crippen LogP contribution in [0.1, 0.15) is 21.5 Å². The molecule has 0 aliphatic carbocycles. The first kappa shape index (κ1) is 14.7. The molecule has 0 bridgehead atoms. The summed E-state index contributed by atoms with van der Waals surface area (Å²) >= 11 is 12.1. The van der Waals surface area contributed by atoms with Crippen LogP contribution in [0.2, 0.25) is 10.0 Å². The molecule has 0 aliphatic rings. The van der Waals surface area contributed by atoms with Crippen LogP contribution in [-0.2, 0) is 6.61 Å². The Morgan fingerprint density at radius 3 is 2.50 bits per heavy atom. The first-order valence-corrected chi connectivity index (χ1v) is 6.63. The van der Waals surface area contributed by atoms with E-state index in [2.05, 4.69) is 0 Å². The Kier molecular flexibility index (Phi) is 4.53. The molecule has 2 aromatic carbocycles. The highest BCUT2D eigenvalue weighted by molar-refractivity contribution is 6.32. The molecule has 0 radical (unpaired) electrons. The molecule has 0 unspecified atom stereocenters. The average molecular weight is 311 g/mol. The maximum Gasteiger partial charge on any atom is 0.335 e. The van der Waals surface area contributed by atoms with Crippen molar-refractivity contribution in [3.8, 4) is 5.75 Å². The number of hydrogen-bond acceptors (Lipinski definition) is 2. The summed E-state index contributed by atoms with van der Waals surface area (Å²) in [5, 5.41) is 9.75. The highest BCUT2D eigenvalue weighted by atomic mass is 35.5. The van der Waals surface area contributed by atoms with Gasteiger partial charge in [-0.3, -0.25) is 0 Å². The summed E-state index contributed by atoms with van der Waals surface area (Å²) < 4.78 is 5.60. The fourth-order valence-corrected chi connectivity index (χ4v) is 2.20. The van der Waals surface area contributed by atoms with Crippen LogP contribution in [0.25, 0.3) is 0 Å². The van der Waals surface area contributed by atoms with Gasteiger partial charge in [-0.05, 0) is 36.8 Å². The third kappa shape index (κ3) is 3.44. The summed E-state index contributed by atoms with van der Waals surface area (Å²) in [4.78, 5) is 10.8. The zero-order valence-electron chi connectivity index (χ0n) is 10.7. The van der Waals surface area contributed by atoms with Crippen LogP contribution in [0, 0.1) is 6.92 Å². The van der Waals surface area contributed by atoms with Crippen LogP contribution >= 0.6 is 23.2 Å². The minimum absolute atomic E-state index is 0.145. The topological polar surface area (TPSA) is 46.5 Å². The molecule has 20 heavy (non-hydrogen) atoms. The molecular formula is C15H12Cl2O3. The minimum atomic E-state index is -1.01. The summed E-state index contributed by atoms with van der Waals surface area (Å²) in [6, 6.07) is 10.0. The summed E-state index contributed by atoms with van der Waals surface area (Å²) in [5.74, 6) is -0.448. The van der Waals surface area contributed by atoms with Crippen molar-refractivity contribution in [1.82, 2.24) is 0 Å². The summed E-state index contributed by atoms with van der Waals surface area (Å²) in [6.07, 6.45) is 0. The molecular weight excluding hydrogens is 299 g/mol. The van der Waals surface area contributed by atoms with Gasteiger partial charge < -0.3 is 9.84 Å². The Morgan fingerprint density at radius 2 is 1.90 bits per heavy atom. The smallest absolute Gasteiger partial charge is 0.335 e. The van der Waals surface area contributed by atoms with E-state index in [1.165, 1.54) is 12.1 Å². The largest absolute Gasteiger partial charge is 0.487 e. The monoisotopic (exact) mass is 310 g/mol. The van der Waals surface area contributed by atoms with Crippen molar-refractivity contribution in [2.45, 2.75) is 13.5 Å². The molecule has 0 heterocycles. The summed E-state index contributed by atoms with van der Waals surface area (Å²) in [6.45, 7) is 2.17. The van der Waals surface area contributed by atoms with Gasteiger partial charge in [-0.2, -0.15) is 0 Å². The van der Waals surface area contributed by atoms with Crippen molar-refractivity contribution < 1.29 is 14.6 Å². The van der Waals surface area contributed by atoms with E-state index >= 15 is 0 Å². The number of aryl methyl sites for hydroxylation is 1. The van der Waals surface area contributed by atoms with Gasteiger partial charge in [0.2, 0.25) is 0 Å². The highest BCUT2D eigenvalue weighted by Gasteiger charge is 2.08. The fraction of sp³-hybridized carbons (Fsp3) is 0.133. The van der Waals surface area contributed by atoms with Gasteiger partial charge in [0.15, 0.2) is 0 Å². The minimum Gasteiger partial charge on any atom is -0.487 e. The fourth-order valence-electron chi connectivity index (χ4n) is 1.68. The van der Waals surface area contributed by atoms with Crippen molar-refractivity contribution in [1.29, 1.82) is 0 Å². The Labute approximate surface area is 126 Å². The molecule has 0 saturated carbocycles. The van der Waals surface area contributed by atoms with Crippen LogP contribution in [-0.4, -0.2) is 11.1 Å². The normalized spacial score (nSPS) is 10.3. The van der Waals surface area contributed by atoms with Crippen LogP contribution in [0.15, 0.2) is 36.4 Å². The maximum absolute atomic E-state index is 10.8. The van der Waals surface area contributed by atoms with Crippen molar-refractivity contribution >= 4 is 29.2 Å².